The van der Waals surface area contributed by atoms with Crippen LogP contribution in [0.5, 0.6) is 0 Å². The summed E-state index contributed by atoms with van der Waals surface area (Å²) in [6.07, 6.45) is 4.14. The normalized spacial score (nSPS) is 10.5. The van der Waals surface area contributed by atoms with Gasteiger partial charge in [-0.2, -0.15) is 0 Å². The van der Waals surface area contributed by atoms with Crippen LogP contribution in [0.4, 0.5) is 0 Å². The summed E-state index contributed by atoms with van der Waals surface area (Å²) >= 11 is 0. The van der Waals surface area contributed by atoms with E-state index in [4.69, 9.17) is 0 Å². The first-order chi connectivity index (χ1) is 7.92. The van der Waals surface area contributed by atoms with E-state index in [0.29, 0.717) is 0 Å². The monoisotopic (exact) mass is 208 g/mol. The molecule has 0 bridgehead atoms. The fraction of sp³-hybridized carbons (Fsp3) is 0. The molecule has 1 heteroatoms. The molecular weight excluding hydrogens is 196 g/mol. The summed E-state index contributed by atoms with van der Waals surface area (Å²) < 4.78 is 0. The number of aldehydes is 1. The van der Waals surface area contributed by atoms with Gasteiger partial charge in [0, 0.05) is 0 Å². The van der Waals surface area contributed by atoms with Gasteiger partial charge in [0.05, 0.1) is 0 Å². The molecule has 0 unspecified atom stereocenters. The van der Waals surface area contributed by atoms with Gasteiger partial charge >= 0.3 is 0 Å². The number of benzene rings is 2. The maximum atomic E-state index is 10.3. The predicted octanol–water partition coefficient (Wildman–Crippen LogP) is 3.57. The minimum atomic E-state index is 0.793. The van der Waals surface area contributed by atoms with Gasteiger partial charge in [0.1, 0.15) is 6.29 Å². The number of allylic oxidation sites excluding steroid dienone is 1. The van der Waals surface area contributed by atoms with E-state index in [2.05, 4.69) is 18.2 Å². The highest BCUT2D eigenvalue weighted by Gasteiger charge is 2.00. The van der Waals surface area contributed by atoms with Crippen molar-refractivity contribution in [3.63, 3.8) is 0 Å². The Morgan fingerprint density at radius 1 is 0.812 bits per heavy atom. The second-order valence-corrected chi connectivity index (χ2v) is 3.45. The second-order valence-electron chi connectivity index (χ2n) is 3.45. The first-order valence-corrected chi connectivity index (χ1v) is 5.18. The lowest BCUT2D eigenvalue weighted by Crippen LogP contribution is -1.82. The van der Waals surface area contributed by atoms with Crippen LogP contribution in [-0.2, 0) is 4.79 Å². The molecule has 2 aromatic carbocycles. The number of hydrogen-bond donors (Lipinski definition) is 0. The van der Waals surface area contributed by atoms with Crippen molar-refractivity contribution in [1.29, 1.82) is 0 Å². The average Bonchev–Trinajstić information content (AvgIpc) is 2.38. The topological polar surface area (TPSA) is 17.1 Å². The van der Waals surface area contributed by atoms with Crippen molar-refractivity contribution in [2.75, 3.05) is 0 Å². The van der Waals surface area contributed by atoms with Gasteiger partial charge in [-0.3, -0.25) is 4.79 Å². The third kappa shape index (κ3) is 2.26. The highest BCUT2D eigenvalue weighted by atomic mass is 16.1. The zero-order chi connectivity index (χ0) is 11.2. The van der Waals surface area contributed by atoms with Crippen molar-refractivity contribution in [2.24, 2.45) is 0 Å². The maximum absolute atomic E-state index is 10.3. The van der Waals surface area contributed by atoms with Gasteiger partial charge in [-0.1, -0.05) is 60.7 Å². The molecule has 0 aromatic heterocycles. The van der Waals surface area contributed by atoms with Crippen LogP contribution >= 0.6 is 0 Å². The second kappa shape index (κ2) is 5.08. The summed E-state index contributed by atoms with van der Waals surface area (Å²) in [7, 11) is 0. The molecule has 2 rings (SSSR count). The van der Waals surface area contributed by atoms with E-state index < -0.39 is 0 Å². The Kier molecular flexibility index (Phi) is 3.29. The molecule has 0 saturated carbocycles. The Balaban J connectivity index is 2.48. The number of hydrogen-bond acceptors (Lipinski definition) is 1. The van der Waals surface area contributed by atoms with Gasteiger partial charge in [0.15, 0.2) is 0 Å². The fourth-order valence-corrected chi connectivity index (χ4v) is 1.67. The third-order valence-electron chi connectivity index (χ3n) is 2.40. The van der Waals surface area contributed by atoms with Crippen LogP contribution in [0.1, 0.15) is 5.56 Å². The molecule has 0 aliphatic rings. The van der Waals surface area contributed by atoms with Crippen LogP contribution in [0.2, 0.25) is 0 Å². The van der Waals surface area contributed by atoms with Crippen LogP contribution in [0.25, 0.3) is 17.2 Å². The quantitative estimate of drug-likeness (QED) is 0.556. The fourth-order valence-electron chi connectivity index (χ4n) is 1.67. The van der Waals surface area contributed by atoms with Crippen molar-refractivity contribution in [3.05, 3.63) is 66.2 Å². The van der Waals surface area contributed by atoms with Crippen molar-refractivity contribution >= 4 is 12.4 Å². The Hall–Kier alpha value is -2.15. The van der Waals surface area contributed by atoms with Crippen LogP contribution in [0.3, 0.4) is 0 Å². The molecule has 78 valence electrons. The standard InChI is InChI=1S/C15H12O/c16-12-6-10-14-9-4-5-11-15(14)13-7-2-1-3-8-13/h1-12H. The summed E-state index contributed by atoms with van der Waals surface area (Å²) in [6.45, 7) is 0. The Morgan fingerprint density at radius 3 is 2.25 bits per heavy atom. The Morgan fingerprint density at radius 2 is 1.50 bits per heavy atom. The van der Waals surface area contributed by atoms with E-state index in [1.54, 1.807) is 0 Å². The van der Waals surface area contributed by atoms with E-state index in [0.717, 1.165) is 23.0 Å². The molecule has 0 heterocycles. The molecule has 1 nitrogen and oxygen atoms in total. The molecule has 0 amide bonds. The van der Waals surface area contributed by atoms with Gasteiger partial charge < -0.3 is 0 Å². The maximum Gasteiger partial charge on any atom is 0.142 e. The summed E-state index contributed by atoms with van der Waals surface area (Å²) in [5.41, 5.74) is 3.36. The molecule has 0 radical (unpaired) electrons. The van der Waals surface area contributed by atoms with Crippen LogP contribution in [0, 0.1) is 0 Å². The van der Waals surface area contributed by atoms with E-state index in [9.17, 15) is 4.79 Å². The molecule has 0 aliphatic carbocycles. The Bertz CT molecular complexity index is 498. The zero-order valence-electron chi connectivity index (χ0n) is 8.84. The lowest BCUT2D eigenvalue weighted by Gasteiger charge is -2.05. The summed E-state index contributed by atoms with van der Waals surface area (Å²) in [4.78, 5) is 10.3. The SMILES string of the molecule is O=CC=Cc1ccccc1-c1ccccc1. The molecule has 2 aromatic rings. The highest BCUT2D eigenvalue weighted by molar-refractivity contribution is 5.80. The predicted molar refractivity (Wildman–Crippen MR) is 67.0 cm³/mol. The van der Waals surface area contributed by atoms with E-state index in [1.807, 2.05) is 42.5 Å². The van der Waals surface area contributed by atoms with Crippen molar-refractivity contribution in [2.45, 2.75) is 0 Å². The van der Waals surface area contributed by atoms with Crippen molar-refractivity contribution in [1.82, 2.24) is 0 Å². The molecule has 0 atom stereocenters. The van der Waals surface area contributed by atoms with Crippen molar-refractivity contribution in [3.8, 4) is 11.1 Å². The molecule has 0 N–H and O–H groups in total. The number of rotatable bonds is 3. The van der Waals surface area contributed by atoms with Gasteiger partial charge in [0.25, 0.3) is 0 Å². The lowest BCUT2D eigenvalue weighted by molar-refractivity contribution is -0.104. The first kappa shape index (κ1) is 10.4. The van der Waals surface area contributed by atoms with Crippen LogP contribution in [0.15, 0.2) is 60.7 Å². The molecular formula is C15H12O. The minimum Gasteiger partial charge on any atom is -0.299 e. The van der Waals surface area contributed by atoms with Gasteiger partial charge in [-0.25, -0.2) is 0 Å². The van der Waals surface area contributed by atoms with Crippen LogP contribution < -0.4 is 0 Å². The number of carbonyl (C=O) groups excluding carboxylic acids is 1. The van der Waals surface area contributed by atoms with Crippen LogP contribution in [-0.4, -0.2) is 6.29 Å². The van der Waals surface area contributed by atoms with Gasteiger partial charge in [-0.15, -0.1) is 0 Å². The molecule has 16 heavy (non-hydrogen) atoms. The Labute approximate surface area is 95.1 Å². The van der Waals surface area contributed by atoms with Crippen molar-refractivity contribution < 1.29 is 4.79 Å². The molecule has 0 fully saturated rings. The summed E-state index contributed by atoms with van der Waals surface area (Å²) in [5.74, 6) is 0. The van der Waals surface area contributed by atoms with E-state index in [1.165, 1.54) is 6.08 Å². The average molecular weight is 208 g/mol. The smallest absolute Gasteiger partial charge is 0.142 e. The van der Waals surface area contributed by atoms with Gasteiger partial charge in [-0.05, 0) is 22.8 Å². The van der Waals surface area contributed by atoms with E-state index in [-0.39, 0.29) is 0 Å². The van der Waals surface area contributed by atoms with Gasteiger partial charge in [0.2, 0.25) is 0 Å². The van der Waals surface area contributed by atoms with E-state index >= 15 is 0 Å². The molecule has 0 saturated heterocycles. The molecule has 0 aliphatic heterocycles. The largest absolute Gasteiger partial charge is 0.299 e. The molecule has 0 spiro atoms. The zero-order valence-corrected chi connectivity index (χ0v) is 8.84. The first-order valence-electron chi connectivity index (χ1n) is 5.18. The summed E-state index contributed by atoms with van der Waals surface area (Å²) in [5, 5.41) is 0. The minimum absolute atomic E-state index is 0.793. The third-order valence-corrected chi connectivity index (χ3v) is 2.40. The summed E-state index contributed by atoms with van der Waals surface area (Å²) in [6, 6.07) is 18.2. The number of carbonyl (C=O) groups is 1. The highest BCUT2D eigenvalue weighted by Crippen LogP contribution is 2.23. The lowest BCUT2D eigenvalue weighted by atomic mass is 9.99.